The number of ether oxygens (including phenoxy) is 1. The van der Waals surface area contributed by atoms with Gasteiger partial charge in [0, 0.05) is 5.69 Å². The Bertz CT molecular complexity index is 854. The van der Waals surface area contributed by atoms with Gasteiger partial charge in [-0.15, -0.1) is 0 Å². The molecule has 0 bridgehead atoms. The normalized spacial score (nSPS) is 11.1. The van der Waals surface area contributed by atoms with Crippen molar-refractivity contribution >= 4 is 40.3 Å². The molecule has 0 unspecified atom stereocenters. The summed E-state index contributed by atoms with van der Waals surface area (Å²) >= 11 is 1.32. The third kappa shape index (κ3) is 7.62. The number of carbonyl (C=O) groups excluding carboxylic acids is 2. The van der Waals surface area contributed by atoms with Crippen LogP contribution in [0.5, 0.6) is 0 Å². The number of unbranched alkanes of at least 4 members (excludes halogenated alkanes) is 1. The first kappa shape index (κ1) is 22.5. The van der Waals surface area contributed by atoms with Crippen LogP contribution in [0.15, 0.2) is 53.5 Å². The van der Waals surface area contributed by atoms with Crippen LogP contribution in [0.4, 0.5) is 16.2 Å². The average molecular weight is 414 g/mol. The number of nitrogens with zero attached hydrogens (tertiary/aromatic N) is 1. The molecule has 0 aromatic heterocycles. The average Bonchev–Trinajstić information content (AvgIpc) is 2.73. The summed E-state index contributed by atoms with van der Waals surface area (Å²) in [5, 5.41) is 6.05. The van der Waals surface area contributed by atoms with Crippen molar-refractivity contribution in [2.24, 2.45) is 4.99 Å². The highest BCUT2D eigenvalue weighted by Gasteiger charge is 2.10. The van der Waals surface area contributed by atoms with E-state index >= 15 is 0 Å². The molecule has 0 spiro atoms. The number of aliphatic imine (C=N–C) groups is 1. The molecule has 0 atom stereocenters. The monoisotopic (exact) mass is 413 g/mol. The molecule has 0 aliphatic heterocycles. The van der Waals surface area contributed by atoms with Gasteiger partial charge in [-0.25, -0.2) is 9.79 Å². The molecule has 2 aromatic carbocycles. The SMILES string of the molecule is CCCCc1cc(N=C(NC(=O)OC)SC)ccc1NC(=O)Cc1ccccc1. The Kier molecular flexibility index (Phi) is 9.24. The fraction of sp³-hybridized carbons (Fsp3) is 0.318. The van der Waals surface area contributed by atoms with Crippen molar-refractivity contribution in [1.82, 2.24) is 5.32 Å². The Labute approximate surface area is 176 Å². The van der Waals surface area contributed by atoms with Crippen molar-refractivity contribution in [3.63, 3.8) is 0 Å². The molecule has 0 fully saturated rings. The lowest BCUT2D eigenvalue weighted by molar-refractivity contribution is -0.115. The number of carbonyl (C=O) groups is 2. The molecule has 0 heterocycles. The van der Waals surface area contributed by atoms with Crippen LogP contribution in [0.2, 0.25) is 0 Å². The predicted molar refractivity (Wildman–Crippen MR) is 120 cm³/mol. The van der Waals surface area contributed by atoms with Crippen LogP contribution in [0.25, 0.3) is 0 Å². The number of hydrogen-bond donors (Lipinski definition) is 2. The van der Waals surface area contributed by atoms with Crippen molar-refractivity contribution in [2.45, 2.75) is 32.6 Å². The van der Waals surface area contributed by atoms with E-state index in [1.807, 2.05) is 54.8 Å². The lowest BCUT2D eigenvalue weighted by atomic mass is 10.0. The number of amides is 2. The van der Waals surface area contributed by atoms with Gasteiger partial charge in [0.05, 0.1) is 19.2 Å². The van der Waals surface area contributed by atoms with Gasteiger partial charge in [-0.05, 0) is 48.4 Å². The van der Waals surface area contributed by atoms with E-state index in [-0.39, 0.29) is 5.91 Å². The fourth-order valence-corrected chi connectivity index (χ4v) is 3.08. The van der Waals surface area contributed by atoms with E-state index in [9.17, 15) is 9.59 Å². The Morgan fingerprint density at radius 2 is 1.90 bits per heavy atom. The van der Waals surface area contributed by atoms with E-state index in [0.29, 0.717) is 17.3 Å². The first-order valence-electron chi connectivity index (χ1n) is 9.50. The van der Waals surface area contributed by atoms with E-state index in [1.165, 1.54) is 18.9 Å². The summed E-state index contributed by atoms with van der Waals surface area (Å²) in [6.45, 7) is 2.13. The number of alkyl carbamates (subject to hydrolysis) is 1. The maximum absolute atomic E-state index is 12.5. The summed E-state index contributed by atoms with van der Waals surface area (Å²) in [5.41, 5.74) is 3.50. The molecule has 2 aromatic rings. The molecule has 2 amide bonds. The lowest BCUT2D eigenvalue weighted by Crippen LogP contribution is -2.27. The van der Waals surface area contributed by atoms with Crippen molar-refractivity contribution in [3.8, 4) is 0 Å². The maximum atomic E-state index is 12.5. The van der Waals surface area contributed by atoms with Gasteiger partial charge in [0.25, 0.3) is 0 Å². The zero-order chi connectivity index (χ0) is 21.1. The Morgan fingerprint density at radius 1 is 1.14 bits per heavy atom. The quantitative estimate of drug-likeness (QED) is 0.499. The summed E-state index contributed by atoms with van der Waals surface area (Å²) in [4.78, 5) is 28.4. The van der Waals surface area contributed by atoms with E-state index in [1.54, 1.807) is 0 Å². The first-order chi connectivity index (χ1) is 14.0. The number of anilines is 1. The van der Waals surface area contributed by atoms with Gasteiger partial charge in [0.1, 0.15) is 0 Å². The molecule has 6 nitrogen and oxygen atoms in total. The number of methoxy groups -OCH3 is 1. The summed E-state index contributed by atoms with van der Waals surface area (Å²) in [5.74, 6) is -0.0534. The van der Waals surface area contributed by atoms with Crippen molar-refractivity contribution < 1.29 is 14.3 Å². The molecular formula is C22H27N3O3S. The molecule has 154 valence electrons. The van der Waals surface area contributed by atoms with Gasteiger partial charge in [-0.1, -0.05) is 55.4 Å². The summed E-state index contributed by atoms with van der Waals surface area (Å²) in [7, 11) is 1.31. The molecule has 0 saturated heterocycles. The highest BCUT2D eigenvalue weighted by Crippen LogP contribution is 2.25. The summed E-state index contributed by atoms with van der Waals surface area (Å²) < 4.78 is 4.62. The van der Waals surface area contributed by atoms with Gasteiger partial charge >= 0.3 is 6.09 Å². The number of thioether (sulfide) groups is 1. The van der Waals surface area contributed by atoms with E-state index in [4.69, 9.17) is 0 Å². The zero-order valence-corrected chi connectivity index (χ0v) is 17.8. The van der Waals surface area contributed by atoms with Gasteiger partial charge in [0.2, 0.25) is 5.91 Å². The first-order valence-corrected chi connectivity index (χ1v) is 10.7. The standard InChI is InChI=1S/C22H27N3O3S/c1-4-5-11-17-15-18(23-21(29-3)25-22(27)28-2)12-13-19(17)24-20(26)14-16-9-7-6-8-10-16/h6-10,12-13,15H,4-5,11,14H2,1-3H3,(H,24,26)(H,23,25,27). The van der Waals surface area contributed by atoms with Gasteiger partial charge < -0.3 is 10.1 Å². The zero-order valence-electron chi connectivity index (χ0n) is 17.0. The predicted octanol–water partition coefficient (Wildman–Crippen LogP) is 4.92. The second kappa shape index (κ2) is 11.9. The van der Waals surface area contributed by atoms with Crippen LogP contribution in [0.3, 0.4) is 0 Å². The number of aryl methyl sites for hydroxylation is 1. The van der Waals surface area contributed by atoms with Crippen LogP contribution >= 0.6 is 11.8 Å². The highest BCUT2D eigenvalue weighted by atomic mass is 32.2. The van der Waals surface area contributed by atoms with E-state index in [2.05, 4.69) is 27.3 Å². The topological polar surface area (TPSA) is 79.8 Å². The van der Waals surface area contributed by atoms with Gasteiger partial charge in [-0.3, -0.25) is 10.1 Å². The molecule has 0 aliphatic rings. The van der Waals surface area contributed by atoms with Crippen molar-refractivity contribution in [3.05, 3.63) is 59.7 Å². The van der Waals surface area contributed by atoms with Gasteiger partial charge in [0.15, 0.2) is 5.17 Å². The van der Waals surface area contributed by atoms with Gasteiger partial charge in [-0.2, -0.15) is 0 Å². The fourth-order valence-electron chi connectivity index (χ4n) is 2.70. The van der Waals surface area contributed by atoms with Crippen molar-refractivity contribution in [1.29, 1.82) is 0 Å². The number of rotatable bonds is 7. The molecule has 2 N–H and O–H groups in total. The molecule has 0 radical (unpaired) electrons. The van der Waals surface area contributed by atoms with Crippen LogP contribution in [-0.2, 0) is 22.4 Å². The molecule has 7 heteroatoms. The lowest BCUT2D eigenvalue weighted by Gasteiger charge is -2.13. The number of benzene rings is 2. The Morgan fingerprint density at radius 3 is 2.55 bits per heavy atom. The van der Waals surface area contributed by atoms with Crippen molar-refractivity contribution in [2.75, 3.05) is 18.7 Å². The van der Waals surface area contributed by atoms with E-state index in [0.717, 1.165) is 36.1 Å². The largest absolute Gasteiger partial charge is 0.453 e. The molecular weight excluding hydrogens is 386 g/mol. The number of hydrogen-bond acceptors (Lipinski definition) is 5. The second-order valence-electron chi connectivity index (χ2n) is 6.39. The molecule has 0 saturated carbocycles. The third-order valence-corrected chi connectivity index (χ3v) is 4.77. The minimum Gasteiger partial charge on any atom is -0.453 e. The minimum absolute atomic E-state index is 0.0534. The van der Waals surface area contributed by atoms with Crippen LogP contribution in [-0.4, -0.2) is 30.5 Å². The smallest absolute Gasteiger partial charge is 0.412 e. The molecule has 0 aliphatic carbocycles. The molecule has 2 rings (SSSR count). The van der Waals surface area contributed by atoms with E-state index < -0.39 is 6.09 Å². The Hall–Kier alpha value is -2.80. The van der Waals surface area contributed by atoms with Crippen LogP contribution in [0.1, 0.15) is 30.9 Å². The minimum atomic E-state index is -0.561. The highest BCUT2D eigenvalue weighted by molar-refractivity contribution is 8.13. The Balaban J connectivity index is 2.19. The van der Waals surface area contributed by atoms with Crippen LogP contribution in [0, 0.1) is 0 Å². The summed E-state index contributed by atoms with van der Waals surface area (Å²) in [6, 6.07) is 15.3. The maximum Gasteiger partial charge on any atom is 0.412 e. The number of nitrogens with one attached hydrogen (secondary N) is 2. The number of amidine groups is 1. The molecule has 29 heavy (non-hydrogen) atoms. The third-order valence-electron chi connectivity index (χ3n) is 4.19. The van der Waals surface area contributed by atoms with Crippen LogP contribution < -0.4 is 10.6 Å². The summed E-state index contributed by atoms with van der Waals surface area (Å²) in [6.07, 6.45) is 4.47. The second-order valence-corrected chi connectivity index (χ2v) is 7.19.